The second kappa shape index (κ2) is 13.8. The minimum atomic E-state index is -2.97. The van der Waals surface area contributed by atoms with Gasteiger partial charge in [0.1, 0.15) is 16.9 Å². The molecule has 1 unspecified atom stereocenters. The molecular weight excluding hydrogens is 741 g/mol. The van der Waals surface area contributed by atoms with E-state index in [4.69, 9.17) is 37.7 Å². The fraction of sp³-hybridized carbons (Fsp3) is 0.359. The van der Waals surface area contributed by atoms with Gasteiger partial charge in [-0.3, -0.25) is 23.6 Å². The first-order chi connectivity index (χ1) is 25.9. The molecule has 11 nitrogen and oxygen atoms in total. The van der Waals surface area contributed by atoms with E-state index in [9.17, 15) is 23.2 Å². The predicted octanol–water partition coefficient (Wildman–Crippen LogP) is 7.09. The fourth-order valence-corrected chi connectivity index (χ4v) is 8.95. The number of hydrogen-bond donors (Lipinski definition) is 1. The van der Waals surface area contributed by atoms with Crippen LogP contribution < -0.4 is 21.3 Å². The van der Waals surface area contributed by atoms with E-state index in [0.29, 0.717) is 51.7 Å². The highest BCUT2D eigenvalue weighted by Crippen LogP contribution is 2.56. The average molecular weight is 778 g/mol. The number of pyridine rings is 2. The quantitative estimate of drug-likeness (QED) is 0.157. The monoisotopic (exact) mass is 776 g/mol. The first-order valence-electron chi connectivity index (χ1n) is 17.7. The van der Waals surface area contributed by atoms with Gasteiger partial charge in [0.25, 0.3) is 12.0 Å². The lowest BCUT2D eigenvalue weighted by atomic mass is 9.99. The first-order valence-corrected chi connectivity index (χ1v) is 18.4. The Balaban J connectivity index is 1.12. The number of likely N-dealkylation sites (tertiary alicyclic amines) is 1. The van der Waals surface area contributed by atoms with E-state index >= 15 is 0 Å². The Labute approximate surface area is 318 Å². The van der Waals surface area contributed by atoms with Crippen molar-refractivity contribution in [3.63, 3.8) is 0 Å². The van der Waals surface area contributed by atoms with Gasteiger partial charge in [0.05, 0.1) is 46.6 Å². The largest absolute Gasteiger partial charge is 0.481 e. The molecule has 0 amide bonds. The van der Waals surface area contributed by atoms with Gasteiger partial charge < -0.3 is 14.8 Å². The highest BCUT2D eigenvalue weighted by Gasteiger charge is 2.61. The molecule has 2 aliphatic carbocycles. The number of alkyl halides is 2. The maximum atomic E-state index is 14.0. The minimum Gasteiger partial charge on any atom is -0.481 e. The average Bonchev–Trinajstić information content (AvgIpc) is 3.42. The third-order valence-corrected chi connectivity index (χ3v) is 11.9. The molecule has 2 fully saturated rings. The fourth-order valence-electron chi connectivity index (χ4n) is 8.36. The van der Waals surface area contributed by atoms with Crippen LogP contribution in [0.4, 0.5) is 20.3 Å². The number of benzene rings is 2. The van der Waals surface area contributed by atoms with E-state index < -0.39 is 23.4 Å². The summed E-state index contributed by atoms with van der Waals surface area (Å²) in [6, 6.07) is 13.9. The molecule has 3 aromatic heterocycles. The molecule has 1 saturated carbocycles. The zero-order valence-electron chi connectivity index (χ0n) is 29.8. The zero-order chi connectivity index (χ0) is 38.2. The number of halogens is 4. The Morgan fingerprint density at radius 3 is 2.35 bits per heavy atom. The number of aromatic nitrogens is 4. The van der Waals surface area contributed by atoms with Crippen LogP contribution in [0.25, 0.3) is 33.3 Å². The summed E-state index contributed by atoms with van der Waals surface area (Å²) in [7, 11) is 4.32. The number of methoxy groups -OCH3 is 1. The smallest absolute Gasteiger partial charge is 0.330 e. The maximum absolute atomic E-state index is 14.0. The number of nitrogens with zero attached hydrogens (tertiary/aromatic N) is 5. The van der Waals surface area contributed by atoms with E-state index in [-0.39, 0.29) is 45.4 Å². The summed E-state index contributed by atoms with van der Waals surface area (Å²) < 4.78 is 41.1. The lowest BCUT2D eigenvalue weighted by Gasteiger charge is -2.28. The molecule has 5 aromatic rings. The topological polar surface area (TPSA) is 121 Å². The molecule has 4 heterocycles. The Morgan fingerprint density at radius 2 is 1.67 bits per heavy atom. The van der Waals surface area contributed by atoms with Gasteiger partial charge in [-0.15, -0.1) is 0 Å². The first kappa shape index (κ1) is 36.1. The molecule has 54 heavy (non-hydrogen) atoms. The van der Waals surface area contributed by atoms with Gasteiger partial charge in [0.15, 0.2) is 0 Å². The number of aryl methyl sites for hydroxylation is 2. The van der Waals surface area contributed by atoms with E-state index in [2.05, 4.69) is 21.3 Å². The molecule has 0 radical (unpaired) electrons. The molecule has 8 rings (SSSR count). The second-order valence-electron chi connectivity index (χ2n) is 14.0. The van der Waals surface area contributed by atoms with Gasteiger partial charge in [-0.2, -0.15) is 0 Å². The lowest BCUT2D eigenvalue weighted by molar-refractivity contribution is -0.145. The van der Waals surface area contributed by atoms with E-state index in [0.717, 1.165) is 52.3 Å². The van der Waals surface area contributed by atoms with Gasteiger partial charge in [-0.1, -0.05) is 53.5 Å². The highest BCUT2D eigenvalue weighted by atomic mass is 35.5. The maximum Gasteiger partial charge on any atom is 0.330 e. The Kier molecular flexibility index (Phi) is 9.22. The van der Waals surface area contributed by atoms with E-state index in [1.54, 1.807) is 25.3 Å². The Morgan fingerprint density at radius 1 is 0.981 bits per heavy atom. The van der Waals surface area contributed by atoms with Crippen LogP contribution in [0.1, 0.15) is 42.6 Å². The van der Waals surface area contributed by atoms with Crippen LogP contribution in [0.15, 0.2) is 58.1 Å². The van der Waals surface area contributed by atoms with Crippen molar-refractivity contribution in [2.24, 2.45) is 31.8 Å². The van der Waals surface area contributed by atoms with Crippen molar-refractivity contribution in [2.75, 3.05) is 32.1 Å². The summed E-state index contributed by atoms with van der Waals surface area (Å²) in [5, 5.41) is 3.52. The van der Waals surface area contributed by atoms with Crippen molar-refractivity contribution in [1.82, 2.24) is 24.0 Å². The molecule has 15 heteroatoms. The number of hydrogen-bond acceptors (Lipinski definition) is 9. The summed E-state index contributed by atoms with van der Waals surface area (Å²) in [5.41, 5.74) is 2.92. The Hall–Kier alpha value is -4.85. The number of ether oxygens (including phenoxy) is 2. The number of anilines is 2. The third kappa shape index (κ3) is 5.84. The molecular formula is C39H36Cl2F2N6O5. The summed E-state index contributed by atoms with van der Waals surface area (Å²) in [5.74, 6) is 0.937. The number of carbonyl (C=O) groups excluding carboxylic acids is 1. The van der Waals surface area contributed by atoms with Gasteiger partial charge in [0.2, 0.25) is 5.88 Å². The van der Waals surface area contributed by atoms with Crippen molar-refractivity contribution >= 4 is 51.6 Å². The number of piperidine rings is 1. The van der Waals surface area contributed by atoms with Gasteiger partial charge >= 0.3 is 11.7 Å². The molecule has 1 aliphatic heterocycles. The summed E-state index contributed by atoms with van der Waals surface area (Å²) >= 11 is 14.2. The Bertz CT molecular complexity index is 2480. The van der Waals surface area contributed by atoms with Crippen LogP contribution >= 0.6 is 23.2 Å². The van der Waals surface area contributed by atoms with Crippen molar-refractivity contribution in [3.05, 3.63) is 96.2 Å². The van der Waals surface area contributed by atoms with E-state index in [1.165, 1.54) is 14.1 Å². The van der Waals surface area contributed by atoms with Crippen LogP contribution in [-0.4, -0.2) is 56.8 Å². The lowest BCUT2D eigenvalue weighted by Crippen LogP contribution is -2.37. The van der Waals surface area contributed by atoms with Crippen LogP contribution in [-0.2, 0) is 30.0 Å². The van der Waals surface area contributed by atoms with Crippen LogP contribution in [0.3, 0.4) is 0 Å². The molecule has 1 N–H and O–H groups in total. The number of nitrogens with one attached hydrogen (secondary N) is 1. The predicted molar refractivity (Wildman–Crippen MR) is 202 cm³/mol. The van der Waals surface area contributed by atoms with Crippen molar-refractivity contribution in [1.29, 1.82) is 0 Å². The van der Waals surface area contributed by atoms with Crippen LogP contribution in [0.2, 0.25) is 10.0 Å². The SMILES string of the molecule is CCOC(=O)C1[C@H]2CN([C@H]3CCc4cc(-c5cccc(-c6cccc(Nc7nc(C(F)F)cc8c7c(=O)n(C)c(=O)n8C)c6Cl)c5Cl)nc(OC)c43)C[C@@H]12. The van der Waals surface area contributed by atoms with Crippen molar-refractivity contribution < 1.29 is 23.0 Å². The van der Waals surface area contributed by atoms with Gasteiger partial charge in [0, 0.05) is 55.5 Å². The van der Waals surface area contributed by atoms with Gasteiger partial charge in [-0.25, -0.2) is 23.5 Å². The molecule has 2 aromatic carbocycles. The number of rotatable bonds is 9. The van der Waals surface area contributed by atoms with Gasteiger partial charge in [-0.05, 0) is 55.4 Å². The number of carbonyl (C=O) groups is 1. The number of esters is 1. The van der Waals surface area contributed by atoms with Crippen molar-refractivity contribution in [3.8, 4) is 28.3 Å². The minimum absolute atomic E-state index is 0.00203. The highest BCUT2D eigenvalue weighted by molar-refractivity contribution is 6.39. The van der Waals surface area contributed by atoms with Crippen molar-refractivity contribution in [2.45, 2.75) is 32.2 Å². The summed E-state index contributed by atoms with van der Waals surface area (Å²) in [4.78, 5) is 49.7. The molecule has 3 aliphatic rings. The number of fused-ring (bicyclic) bond motifs is 3. The second-order valence-corrected chi connectivity index (χ2v) is 14.7. The molecule has 280 valence electrons. The van der Waals surface area contributed by atoms with Crippen LogP contribution in [0.5, 0.6) is 5.88 Å². The van der Waals surface area contributed by atoms with E-state index in [1.807, 2.05) is 25.1 Å². The standard InChI is InChI=1S/C39H36Cl2F2N6O5/c1-5-54-38(51)30-22-16-49(17-23(22)30)27-13-12-18-14-25(46-36(53-4)29(18)27)21-10-6-8-19(32(21)40)20-9-7-11-24(33(20)41)44-35-31-28(15-26(45-35)34(42)43)47(2)39(52)48(3)37(31)50/h6-11,14-15,22-23,27,30,34H,5,12-13,16-17H2,1-4H3,(H,44,45)/t22-,23+,27-,30?/m0/s1. The van der Waals surface area contributed by atoms with Crippen LogP contribution in [0, 0.1) is 17.8 Å². The normalized spacial score (nSPS) is 20.3. The summed E-state index contributed by atoms with van der Waals surface area (Å²) in [6.07, 6.45) is -1.22. The summed E-state index contributed by atoms with van der Waals surface area (Å²) in [6.45, 7) is 3.91. The molecule has 0 spiro atoms. The third-order valence-electron chi connectivity index (χ3n) is 11.1. The molecule has 0 bridgehead atoms. The molecule has 4 atom stereocenters. The molecule has 1 saturated heterocycles. The zero-order valence-corrected chi connectivity index (χ0v) is 31.3.